The Labute approximate surface area is 214 Å². The minimum Gasteiger partial charge on any atom is -0.493 e. The first-order chi connectivity index (χ1) is 18.2. The van der Waals surface area contributed by atoms with Crippen molar-refractivity contribution < 1.29 is 31.8 Å². The van der Waals surface area contributed by atoms with E-state index in [9.17, 15) is 17.6 Å². The molecule has 0 unspecified atom stereocenters. The number of alkyl halides is 4. The van der Waals surface area contributed by atoms with Gasteiger partial charge in [0.25, 0.3) is 6.43 Å². The van der Waals surface area contributed by atoms with Crippen LogP contribution in [-0.2, 0) is 11.8 Å². The van der Waals surface area contributed by atoms with Gasteiger partial charge in [-0.1, -0.05) is 0 Å². The van der Waals surface area contributed by atoms with E-state index in [0.29, 0.717) is 35.3 Å². The smallest absolute Gasteiger partial charge is 0.334 e. The van der Waals surface area contributed by atoms with Crippen LogP contribution in [0.5, 0.6) is 11.6 Å². The van der Waals surface area contributed by atoms with Gasteiger partial charge in [0.15, 0.2) is 12.4 Å². The van der Waals surface area contributed by atoms with Gasteiger partial charge in [0.2, 0.25) is 11.8 Å². The van der Waals surface area contributed by atoms with E-state index in [0.717, 1.165) is 0 Å². The second-order valence-corrected chi connectivity index (χ2v) is 7.97. The van der Waals surface area contributed by atoms with Crippen molar-refractivity contribution in [1.29, 1.82) is 0 Å². The number of nitrogens with one attached hydrogen (secondary N) is 1. The Balaban J connectivity index is 1.75. The molecule has 4 bridgehead atoms. The van der Waals surface area contributed by atoms with E-state index in [4.69, 9.17) is 19.9 Å². The van der Waals surface area contributed by atoms with Gasteiger partial charge in [-0.05, 0) is 13.0 Å². The van der Waals surface area contributed by atoms with Crippen molar-refractivity contribution in [2.45, 2.75) is 26.3 Å². The number of pyridine rings is 1. The third-order valence-corrected chi connectivity index (χ3v) is 5.13. The van der Waals surface area contributed by atoms with Crippen molar-refractivity contribution in [3.05, 3.63) is 42.0 Å². The first-order valence-corrected chi connectivity index (χ1v) is 11.3. The van der Waals surface area contributed by atoms with Crippen LogP contribution in [0, 0.1) is 0 Å². The van der Waals surface area contributed by atoms with Crippen LogP contribution in [-0.4, -0.2) is 63.4 Å². The molecule has 0 saturated carbocycles. The number of halogens is 4. The lowest BCUT2D eigenvalue weighted by Gasteiger charge is -2.19. The third-order valence-electron chi connectivity index (χ3n) is 5.13. The second kappa shape index (κ2) is 11.7. The number of hydrogen-bond acceptors (Lipinski definition) is 10. The summed E-state index contributed by atoms with van der Waals surface area (Å²) in [6.07, 6.45) is 1.93. The first-order valence-electron chi connectivity index (χ1n) is 11.3. The number of aliphatic imine (C=N–C) groups is 1. The molecule has 4 heterocycles. The molecule has 4 rings (SSSR count). The molecular formula is C23H24F4N8O3. The van der Waals surface area contributed by atoms with Gasteiger partial charge < -0.3 is 25.3 Å². The quantitative estimate of drug-likeness (QED) is 0.216. The monoisotopic (exact) mass is 536 g/mol. The lowest BCUT2D eigenvalue weighted by molar-refractivity contribution is 0.0743. The van der Waals surface area contributed by atoms with Crippen LogP contribution in [0.1, 0.15) is 18.9 Å². The van der Waals surface area contributed by atoms with E-state index in [1.165, 1.54) is 19.2 Å². The summed E-state index contributed by atoms with van der Waals surface area (Å²) in [4.78, 5) is 16.2. The van der Waals surface area contributed by atoms with Crippen LogP contribution in [0.4, 0.5) is 29.2 Å². The number of aryl methyl sites for hydroxylation is 1. The lowest BCUT2D eigenvalue weighted by Crippen LogP contribution is -2.18. The molecule has 0 fully saturated rings. The summed E-state index contributed by atoms with van der Waals surface area (Å²) in [6.45, 7) is -2.62. The van der Waals surface area contributed by atoms with Gasteiger partial charge in [-0.2, -0.15) is 18.9 Å². The van der Waals surface area contributed by atoms with Crippen molar-refractivity contribution in [2.24, 2.45) is 17.8 Å². The highest BCUT2D eigenvalue weighted by molar-refractivity contribution is 6.21. The average molecular weight is 536 g/mol. The van der Waals surface area contributed by atoms with Gasteiger partial charge in [-0.25, -0.2) is 28.4 Å². The Kier molecular flexibility index (Phi) is 8.23. The fourth-order valence-corrected chi connectivity index (χ4v) is 3.56. The Hall–Kier alpha value is -4.43. The van der Waals surface area contributed by atoms with Crippen molar-refractivity contribution >= 4 is 23.1 Å². The van der Waals surface area contributed by atoms with E-state index in [-0.39, 0.29) is 35.8 Å². The summed E-state index contributed by atoms with van der Waals surface area (Å²) in [5, 5.41) is 7.25. The molecule has 0 radical (unpaired) electrons. The zero-order valence-electron chi connectivity index (χ0n) is 20.4. The molecule has 11 nitrogen and oxygen atoms in total. The predicted octanol–water partition coefficient (Wildman–Crippen LogP) is 3.77. The molecule has 0 aromatic carbocycles. The fraction of sp³-hybridized carbons (Fsp3) is 0.348. The number of allylic oxidation sites excluding steroid dienone is 1. The number of hydrogen-bond donors (Lipinski definition) is 2. The van der Waals surface area contributed by atoms with Crippen LogP contribution in [0.15, 0.2) is 41.4 Å². The van der Waals surface area contributed by atoms with Crippen LogP contribution in [0.2, 0.25) is 0 Å². The number of ether oxygens (including phenoxy) is 3. The summed E-state index contributed by atoms with van der Waals surface area (Å²) >= 11 is 0. The minimum atomic E-state index is -3.23. The Morgan fingerprint density at radius 1 is 1.18 bits per heavy atom. The number of anilines is 2. The third kappa shape index (κ3) is 6.27. The van der Waals surface area contributed by atoms with Crippen molar-refractivity contribution in [3.8, 4) is 23.0 Å². The standard InChI is InChI=1S/C23H24F4N8O3/c1-12(28)19(21(34-23(26)27)38-11-16(24)25)13-9-30-18-8-15(13)36-6-3-7-37-22-14(10-31-35(22)2)20-29-5-4-17(32-18)33-20/h4-5,8-10,16,23H,3,6-7,11,28H2,1-2H3,(H,29,30,32,33)/b19-12-,34-21-. The van der Waals surface area contributed by atoms with Crippen molar-refractivity contribution in [1.82, 2.24) is 24.7 Å². The maximum Gasteiger partial charge on any atom is 0.334 e. The SMILES string of the molecule is C/C(N)=C(/C(=N/C(F)F)OCC(F)F)c1cnc2cc1OCCCOc1c(cnn1C)-c1nccc(n1)N2. The van der Waals surface area contributed by atoms with Gasteiger partial charge in [0, 0.05) is 43.2 Å². The van der Waals surface area contributed by atoms with Gasteiger partial charge in [0.05, 0.1) is 25.0 Å². The summed E-state index contributed by atoms with van der Waals surface area (Å²) in [5.74, 6) is 0.926. The van der Waals surface area contributed by atoms with Gasteiger partial charge in [0.1, 0.15) is 22.9 Å². The average Bonchev–Trinajstić information content (AvgIpc) is 3.23. The lowest BCUT2D eigenvalue weighted by atomic mass is 10.0. The number of rotatable bonds is 5. The largest absolute Gasteiger partial charge is 0.493 e. The Bertz CT molecular complexity index is 1340. The molecule has 1 aliphatic heterocycles. The topological polar surface area (TPSA) is 135 Å². The van der Waals surface area contributed by atoms with Gasteiger partial charge in [-0.3, -0.25) is 0 Å². The number of fused-ring (bicyclic) bond motifs is 6. The molecule has 38 heavy (non-hydrogen) atoms. The summed E-state index contributed by atoms with van der Waals surface area (Å²) in [7, 11) is 1.72. The first kappa shape index (κ1) is 26.6. The predicted molar refractivity (Wildman–Crippen MR) is 130 cm³/mol. The van der Waals surface area contributed by atoms with E-state index in [1.807, 2.05) is 0 Å². The van der Waals surface area contributed by atoms with E-state index in [1.54, 1.807) is 30.2 Å². The van der Waals surface area contributed by atoms with Crippen LogP contribution in [0.3, 0.4) is 0 Å². The zero-order valence-corrected chi connectivity index (χ0v) is 20.4. The molecule has 0 atom stereocenters. The highest BCUT2D eigenvalue weighted by atomic mass is 19.3. The van der Waals surface area contributed by atoms with Gasteiger partial charge >= 0.3 is 6.55 Å². The molecular weight excluding hydrogens is 512 g/mol. The number of nitrogens with two attached hydrogens (primary N) is 1. The zero-order chi connectivity index (χ0) is 27.2. The minimum absolute atomic E-state index is 0.0204. The molecule has 202 valence electrons. The fourth-order valence-electron chi connectivity index (χ4n) is 3.56. The van der Waals surface area contributed by atoms with E-state index < -0.39 is 25.5 Å². The molecule has 3 N–H and O–H groups in total. The van der Waals surface area contributed by atoms with Crippen LogP contribution in [0.25, 0.3) is 17.0 Å². The normalized spacial score (nSPS) is 14.6. The van der Waals surface area contributed by atoms with Crippen LogP contribution >= 0.6 is 0 Å². The molecule has 15 heteroatoms. The molecule has 1 aliphatic rings. The molecule has 0 saturated heterocycles. The molecule has 3 aromatic rings. The number of aromatic nitrogens is 5. The summed E-state index contributed by atoms with van der Waals surface area (Å²) < 4.78 is 70.3. The molecule has 0 spiro atoms. The highest BCUT2D eigenvalue weighted by Crippen LogP contribution is 2.33. The molecule has 0 amide bonds. The number of nitrogens with zero attached hydrogens (tertiary/aromatic N) is 6. The maximum atomic E-state index is 13.2. The van der Waals surface area contributed by atoms with E-state index >= 15 is 0 Å². The highest BCUT2D eigenvalue weighted by Gasteiger charge is 2.23. The van der Waals surface area contributed by atoms with Crippen molar-refractivity contribution in [3.63, 3.8) is 0 Å². The van der Waals surface area contributed by atoms with Gasteiger partial charge in [-0.15, -0.1) is 0 Å². The van der Waals surface area contributed by atoms with E-state index in [2.05, 4.69) is 30.4 Å². The molecule has 0 aliphatic carbocycles. The summed E-state index contributed by atoms with van der Waals surface area (Å²) in [5.41, 5.74) is 6.52. The Morgan fingerprint density at radius 3 is 2.71 bits per heavy atom. The second-order valence-electron chi connectivity index (χ2n) is 7.97. The summed E-state index contributed by atoms with van der Waals surface area (Å²) in [6, 6.07) is 3.11. The maximum absolute atomic E-state index is 13.2. The van der Waals surface area contributed by atoms with Crippen LogP contribution < -0.4 is 20.5 Å². The molecule has 3 aromatic heterocycles. The van der Waals surface area contributed by atoms with Crippen molar-refractivity contribution in [2.75, 3.05) is 25.1 Å². The Morgan fingerprint density at radius 2 is 1.97 bits per heavy atom.